The number of carboxylic acids is 1. The highest BCUT2D eigenvalue weighted by atomic mass is 19.1. The second kappa shape index (κ2) is 5.46. The first-order valence-corrected chi connectivity index (χ1v) is 4.96. The maximum atomic E-state index is 12.7. The van der Waals surface area contributed by atoms with E-state index in [-0.39, 0.29) is 5.82 Å². The summed E-state index contributed by atoms with van der Waals surface area (Å²) in [5.74, 6) is -1.30. The van der Waals surface area contributed by atoms with Crippen molar-refractivity contribution >= 4 is 11.7 Å². The van der Waals surface area contributed by atoms with Gasteiger partial charge in [0.1, 0.15) is 11.9 Å². The van der Waals surface area contributed by atoms with E-state index in [0.717, 1.165) is 5.69 Å². The molecular formula is C11H15FN2O2. The smallest absolute Gasteiger partial charge is 0.320 e. The van der Waals surface area contributed by atoms with Crippen molar-refractivity contribution < 1.29 is 14.3 Å². The lowest BCUT2D eigenvalue weighted by Gasteiger charge is -2.20. The lowest BCUT2D eigenvalue weighted by atomic mass is 10.2. The second-order valence-electron chi connectivity index (χ2n) is 3.63. The molecule has 0 aliphatic carbocycles. The van der Waals surface area contributed by atoms with Gasteiger partial charge in [0.25, 0.3) is 0 Å². The largest absolute Gasteiger partial charge is 0.480 e. The monoisotopic (exact) mass is 226 g/mol. The van der Waals surface area contributed by atoms with Crippen LogP contribution in [0.25, 0.3) is 0 Å². The molecule has 0 heterocycles. The Morgan fingerprint density at radius 1 is 1.50 bits per heavy atom. The summed E-state index contributed by atoms with van der Waals surface area (Å²) in [6.07, 6.45) is 0.350. The summed E-state index contributed by atoms with van der Waals surface area (Å²) in [7, 11) is 1.81. The minimum atomic E-state index is -1.01. The summed E-state index contributed by atoms with van der Waals surface area (Å²) in [4.78, 5) is 12.3. The van der Waals surface area contributed by atoms with Gasteiger partial charge < -0.3 is 15.7 Å². The van der Waals surface area contributed by atoms with Gasteiger partial charge >= 0.3 is 5.97 Å². The Labute approximate surface area is 93.5 Å². The molecule has 0 spiro atoms. The van der Waals surface area contributed by atoms with Gasteiger partial charge in [-0.2, -0.15) is 0 Å². The van der Waals surface area contributed by atoms with E-state index in [4.69, 9.17) is 10.8 Å². The van der Waals surface area contributed by atoms with Gasteiger partial charge in [-0.05, 0) is 30.7 Å². The van der Waals surface area contributed by atoms with Crippen molar-refractivity contribution in [3.63, 3.8) is 0 Å². The minimum absolute atomic E-state index is 0.292. The van der Waals surface area contributed by atoms with Crippen LogP contribution in [0.1, 0.15) is 6.42 Å². The van der Waals surface area contributed by atoms with Crippen LogP contribution >= 0.6 is 0 Å². The molecule has 5 heteroatoms. The van der Waals surface area contributed by atoms with Crippen molar-refractivity contribution in [3.05, 3.63) is 30.1 Å². The first-order chi connectivity index (χ1) is 7.50. The molecule has 0 saturated carbocycles. The van der Waals surface area contributed by atoms with Crippen molar-refractivity contribution in [1.82, 2.24) is 0 Å². The van der Waals surface area contributed by atoms with Gasteiger partial charge in [-0.15, -0.1) is 0 Å². The van der Waals surface area contributed by atoms with Crippen LogP contribution in [-0.2, 0) is 4.79 Å². The topological polar surface area (TPSA) is 66.6 Å². The molecular weight excluding hydrogens is 211 g/mol. The fourth-order valence-electron chi connectivity index (χ4n) is 1.28. The minimum Gasteiger partial charge on any atom is -0.480 e. The fraction of sp³-hybridized carbons (Fsp3) is 0.364. The highest BCUT2D eigenvalue weighted by Crippen LogP contribution is 2.13. The highest BCUT2D eigenvalue weighted by molar-refractivity contribution is 5.73. The number of nitrogens with two attached hydrogens (primary N) is 1. The summed E-state index contributed by atoms with van der Waals surface area (Å²) in [6.45, 7) is 0.513. The molecule has 0 bridgehead atoms. The van der Waals surface area contributed by atoms with Crippen LogP contribution in [0.2, 0.25) is 0 Å². The van der Waals surface area contributed by atoms with Crippen LogP contribution < -0.4 is 10.6 Å². The van der Waals surface area contributed by atoms with Crippen molar-refractivity contribution in [2.75, 3.05) is 18.5 Å². The van der Waals surface area contributed by atoms with Crippen LogP contribution in [-0.4, -0.2) is 30.7 Å². The molecule has 16 heavy (non-hydrogen) atoms. The molecule has 1 atom stereocenters. The molecule has 0 aliphatic rings. The number of rotatable bonds is 5. The Morgan fingerprint density at radius 3 is 2.56 bits per heavy atom. The number of benzene rings is 1. The van der Waals surface area contributed by atoms with Gasteiger partial charge in [0.2, 0.25) is 0 Å². The van der Waals surface area contributed by atoms with Crippen LogP contribution in [0.4, 0.5) is 10.1 Å². The SMILES string of the molecule is CN(CCC(N)C(=O)O)c1ccc(F)cc1. The molecule has 1 unspecified atom stereocenters. The number of halogens is 1. The molecule has 4 nitrogen and oxygen atoms in total. The van der Waals surface area contributed by atoms with Crippen LogP contribution in [0, 0.1) is 5.82 Å². The van der Waals surface area contributed by atoms with E-state index in [1.165, 1.54) is 12.1 Å². The van der Waals surface area contributed by atoms with Gasteiger partial charge in [0.05, 0.1) is 0 Å². The number of anilines is 1. The van der Waals surface area contributed by atoms with E-state index < -0.39 is 12.0 Å². The maximum absolute atomic E-state index is 12.7. The molecule has 0 aromatic heterocycles. The molecule has 1 rings (SSSR count). The van der Waals surface area contributed by atoms with Crippen LogP contribution in [0.15, 0.2) is 24.3 Å². The zero-order valence-corrected chi connectivity index (χ0v) is 9.06. The third kappa shape index (κ3) is 3.51. The predicted octanol–water partition coefficient (Wildman–Crippen LogP) is 1.06. The van der Waals surface area contributed by atoms with Crippen LogP contribution in [0.3, 0.4) is 0 Å². The lowest BCUT2D eigenvalue weighted by Crippen LogP contribution is -2.34. The standard InChI is InChI=1S/C11H15FN2O2/c1-14(7-6-10(13)11(15)16)9-4-2-8(12)3-5-9/h2-5,10H,6-7,13H2,1H3,(H,15,16). The first kappa shape index (κ1) is 12.4. The first-order valence-electron chi connectivity index (χ1n) is 4.96. The second-order valence-corrected chi connectivity index (χ2v) is 3.63. The van der Waals surface area contributed by atoms with Gasteiger partial charge in [0, 0.05) is 19.3 Å². The van der Waals surface area contributed by atoms with Crippen molar-refractivity contribution in [3.8, 4) is 0 Å². The molecule has 88 valence electrons. The zero-order valence-electron chi connectivity index (χ0n) is 9.06. The zero-order chi connectivity index (χ0) is 12.1. The summed E-state index contributed by atoms with van der Waals surface area (Å²) < 4.78 is 12.7. The average Bonchev–Trinajstić information content (AvgIpc) is 2.26. The van der Waals surface area contributed by atoms with Crippen molar-refractivity contribution in [1.29, 1.82) is 0 Å². The summed E-state index contributed by atoms with van der Waals surface area (Å²) in [5.41, 5.74) is 6.21. The third-order valence-electron chi connectivity index (χ3n) is 2.36. The van der Waals surface area contributed by atoms with E-state index in [1.54, 1.807) is 12.1 Å². The molecule has 0 aliphatic heterocycles. The Hall–Kier alpha value is -1.62. The summed E-state index contributed by atoms with van der Waals surface area (Å²) in [5, 5.41) is 8.61. The van der Waals surface area contributed by atoms with Gasteiger partial charge in [-0.3, -0.25) is 4.79 Å². The molecule has 0 radical (unpaired) electrons. The Bertz CT molecular complexity index is 354. The van der Waals surface area contributed by atoms with Gasteiger partial charge in [-0.1, -0.05) is 0 Å². The number of carbonyl (C=O) groups is 1. The van der Waals surface area contributed by atoms with E-state index in [1.807, 2.05) is 11.9 Å². The molecule has 0 amide bonds. The number of hydrogen-bond donors (Lipinski definition) is 2. The van der Waals surface area contributed by atoms with Crippen molar-refractivity contribution in [2.24, 2.45) is 5.73 Å². The number of aliphatic carboxylic acids is 1. The molecule has 3 N–H and O–H groups in total. The number of carboxylic acid groups (broad SMARTS) is 1. The molecule has 1 aromatic rings. The molecule has 0 fully saturated rings. The van der Waals surface area contributed by atoms with E-state index in [0.29, 0.717) is 13.0 Å². The highest BCUT2D eigenvalue weighted by Gasteiger charge is 2.12. The predicted molar refractivity (Wildman–Crippen MR) is 59.9 cm³/mol. The molecule has 1 aromatic carbocycles. The average molecular weight is 226 g/mol. The Balaban J connectivity index is 2.49. The number of hydrogen-bond acceptors (Lipinski definition) is 3. The maximum Gasteiger partial charge on any atom is 0.320 e. The van der Waals surface area contributed by atoms with Crippen LogP contribution in [0.5, 0.6) is 0 Å². The van der Waals surface area contributed by atoms with E-state index in [2.05, 4.69) is 0 Å². The summed E-state index contributed by atoms with van der Waals surface area (Å²) >= 11 is 0. The quantitative estimate of drug-likeness (QED) is 0.788. The third-order valence-corrected chi connectivity index (χ3v) is 2.36. The number of nitrogens with zero attached hydrogens (tertiary/aromatic N) is 1. The van der Waals surface area contributed by atoms with E-state index in [9.17, 15) is 9.18 Å². The Kier molecular flexibility index (Phi) is 4.25. The van der Waals surface area contributed by atoms with Gasteiger partial charge in [0.15, 0.2) is 0 Å². The van der Waals surface area contributed by atoms with Gasteiger partial charge in [-0.25, -0.2) is 4.39 Å². The molecule has 0 saturated heterocycles. The fourth-order valence-corrected chi connectivity index (χ4v) is 1.28. The van der Waals surface area contributed by atoms with Crippen molar-refractivity contribution in [2.45, 2.75) is 12.5 Å². The normalized spacial score (nSPS) is 12.2. The summed E-state index contributed by atoms with van der Waals surface area (Å²) in [6, 6.07) is 5.15. The lowest BCUT2D eigenvalue weighted by molar-refractivity contribution is -0.138. The Morgan fingerprint density at radius 2 is 2.06 bits per heavy atom. The van der Waals surface area contributed by atoms with E-state index >= 15 is 0 Å².